The van der Waals surface area contributed by atoms with E-state index in [1.807, 2.05) is 0 Å². The van der Waals surface area contributed by atoms with Crippen molar-refractivity contribution in [2.45, 2.75) is 26.2 Å². The quantitative estimate of drug-likeness (QED) is 0.175. The van der Waals surface area contributed by atoms with Crippen molar-refractivity contribution in [1.82, 2.24) is 0 Å². The van der Waals surface area contributed by atoms with Gasteiger partial charge in [-0.1, -0.05) is 164 Å². The minimum absolute atomic E-state index is 0.910. The van der Waals surface area contributed by atoms with E-state index in [1.165, 1.54) is 77.2 Å². The molecule has 6 aromatic rings. The van der Waals surface area contributed by atoms with Gasteiger partial charge in [-0.05, 0) is 121 Å². The minimum atomic E-state index is 0.910. The van der Waals surface area contributed by atoms with Crippen LogP contribution in [-0.2, 0) is 0 Å². The molecule has 230 valence electrons. The molecule has 0 aliphatic heterocycles. The summed E-state index contributed by atoms with van der Waals surface area (Å²) in [5, 5.41) is 5.07. The van der Waals surface area contributed by atoms with Crippen molar-refractivity contribution in [1.29, 1.82) is 0 Å². The Kier molecular flexibility index (Phi) is 7.92. The molecule has 0 bridgehead atoms. The maximum Gasteiger partial charge on any atom is -0.00881 e. The van der Waals surface area contributed by atoms with Gasteiger partial charge in [0.15, 0.2) is 0 Å². The molecular formula is C48H38. The van der Waals surface area contributed by atoms with Gasteiger partial charge in [0.25, 0.3) is 0 Å². The van der Waals surface area contributed by atoms with E-state index in [-0.39, 0.29) is 0 Å². The molecule has 2 aliphatic rings. The fourth-order valence-corrected chi connectivity index (χ4v) is 7.47. The molecule has 2 aliphatic carbocycles. The summed E-state index contributed by atoms with van der Waals surface area (Å²) < 4.78 is 0. The Morgan fingerprint density at radius 2 is 1.17 bits per heavy atom. The molecule has 0 heterocycles. The van der Waals surface area contributed by atoms with Crippen LogP contribution in [0.25, 0.3) is 54.9 Å². The molecule has 6 aromatic carbocycles. The molecule has 0 heteroatoms. The molecule has 0 spiro atoms. The summed E-state index contributed by atoms with van der Waals surface area (Å²) in [5.41, 5.74) is 15.2. The number of rotatable bonds is 6. The third-order valence-electron chi connectivity index (χ3n) is 9.88. The van der Waals surface area contributed by atoms with Crippen LogP contribution in [0.3, 0.4) is 0 Å². The van der Waals surface area contributed by atoms with Crippen LogP contribution < -0.4 is 0 Å². The third kappa shape index (κ3) is 5.61. The maximum absolute atomic E-state index is 4.79. The second-order valence-electron chi connectivity index (χ2n) is 13.0. The lowest BCUT2D eigenvalue weighted by Gasteiger charge is -2.26. The van der Waals surface area contributed by atoms with Gasteiger partial charge in [0.2, 0.25) is 0 Å². The Labute approximate surface area is 284 Å². The van der Waals surface area contributed by atoms with Gasteiger partial charge in [-0.3, -0.25) is 0 Å². The van der Waals surface area contributed by atoms with Crippen LogP contribution in [0.2, 0.25) is 0 Å². The van der Waals surface area contributed by atoms with Gasteiger partial charge < -0.3 is 0 Å². The van der Waals surface area contributed by atoms with E-state index in [9.17, 15) is 0 Å². The van der Waals surface area contributed by atoms with E-state index in [0.29, 0.717) is 0 Å². The number of benzene rings is 6. The van der Waals surface area contributed by atoms with Gasteiger partial charge in [-0.15, -0.1) is 0 Å². The summed E-state index contributed by atoms with van der Waals surface area (Å²) in [6.45, 7) is 7.05. The average molecular weight is 615 g/mol. The fourth-order valence-electron chi connectivity index (χ4n) is 7.47. The van der Waals surface area contributed by atoms with E-state index < -0.39 is 0 Å². The largest absolute Gasteiger partial charge is 0.0905 e. The Bertz CT molecular complexity index is 2370. The highest BCUT2D eigenvalue weighted by Crippen LogP contribution is 2.44. The molecule has 0 aromatic heterocycles. The van der Waals surface area contributed by atoms with Gasteiger partial charge in [-0.25, -0.2) is 0 Å². The molecule has 8 rings (SSSR count). The van der Waals surface area contributed by atoms with E-state index in [2.05, 4.69) is 171 Å². The lowest BCUT2D eigenvalue weighted by molar-refractivity contribution is 0.920. The molecule has 0 saturated heterocycles. The molecule has 0 N–H and O–H groups in total. The summed E-state index contributed by atoms with van der Waals surface area (Å²) in [4.78, 5) is 0. The van der Waals surface area contributed by atoms with Crippen LogP contribution in [0.5, 0.6) is 0 Å². The van der Waals surface area contributed by atoms with Gasteiger partial charge in [0.05, 0.1) is 0 Å². The highest BCUT2D eigenvalue weighted by Gasteiger charge is 2.22. The van der Waals surface area contributed by atoms with Crippen LogP contribution in [0.1, 0.15) is 37.3 Å². The van der Waals surface area contributed by atoms with Crippen molar-refractivity contribution in [3.63, 3.8) is 0 Å². The normalized spacial score (nSPS) is 15.6. The summed E-state index contributed by atoms with van der Waals surface area (Å²) >= 11 is 0. The summed E-state index contributed by atoms with van der Waals surface area (Å²) in [6, 6.07) is 48.6. The van der Waals surface area contributed by atoms with E-state index >= 15 is 0 Å². The Morgan fingerprint density at radius 3 is 1.81 bits per heavy atom. The van der Waals surface area contributed by atoms with E-state index in [1.54, 1.807) is 0 Å². The van der Waals surface area contributed by atoms with Gasteiger partial charge >= 0.3 is 0 Å². The Morgan fingerprint density at radius 1 is 0.583 bits per heavy atom. The van der Waals surface area contributed by atoms with Crippen molar-refractivity contribution in [3.8, 4) is 22.3 Å². The third-order valence-corrected chi connectivity index (χ3v) is 9.88. The van der Waals surface area contributed by atoms with E-state index in [4.69, 9.17) is 6.58 Å². The van der Waals surface area contributed by atoms with E-state index in [0.717, 1.165) is 30.4 Å². The first-order chi connectivity index (χ1) is 23.6. The monoisotopic (exact) mass is 614 g/mol. The second-order valence-corrected chi connectivity index (χ2v) is 13.0. The zero-order chi connectivity index (χ0) is 32.5. The molecule has 0 nitrogen and oxygen atoms in total. The van der Waals surface area contributed by atoms with Crippen LogP contribution in [0.15, 0.2) is 193 Å². The number of hydrogen-bond acceptors (Lipinski definition) is 0. The average Bonchev–Trinajstić information content (AvgIpc) is 3.15. The summed E-state index contributed by atoms with van der Waals surface area (Å²) in [7, 11) is 0. The van der Waals surface area contributed by atoms with Gasteiger partial charge in [0.1, 0.15) is 0 Å². The topological polar surface area (TPSA) is 0 Å². The zero-order valence-electron chi connectivity index (χ0n) is 27.4. The SMILES string of the molecule is C=C(C1=C(/C(=C2/C=CC=CC2)c2cccc(-c3cccc4ccccc34)c2)CCC(C)=C1)c1cccc(-c2cccc3ccccc23)c1. The first-order valence-corrected chi connectivity index (χ1v) is 17.0. The molecule has 0 unspecified atom stereocenters. The standard InChI is InChI=1S/C48H38/c1-33-28-29-46(47(30-33)34(2)38-20-10-21-39(31-38)44-26-12-18-35-14-6-8-24-42(35)44)48(37-16-4-3-5-17-37)41-23-11-22-40(32-41)45-27-13-19-36-15-7-9-25-43(36)45/h3-16,18-27,30-32H,2,17,28-29H2,1H3/b48-37-. The summed E-state index contributed by atoms with van der Waals surface area (Å²) in [6.07, 6.45) is 14.2. The highest BCUT2D eigenvalue weighted by atomic mass is 14.3. The summed E-state index contributed by atoms with van der Waals surface area (Å²) in [5.74, 6) is 0. The Hall–Kier alpha value is -5.72. The first kappa shape index (κ1) is 29.7. The van der Waals surface area contributed by atoms with Crippen molar-refractivity contribution >= 4 is 32.7 Å². The number of hydrogen-bond donors (Lipinski definition) is 0. The fraction of sp³-hybridized carbons (Fsp3) is 0.0833. The lowest BCUT2D eigenvalue weighted by atomic mass is 9.78. The molecule has 48 heavy (non-hydrogen) atoms. The molecule has 0 radical (unpaired) electrons. The number of allylic oxidation sites excluding steroid dienone is 11. The molecule has 0 saturated carbocycles. The van der Waals surface area contributed by atoms with Crippen LogP contribution in [-0.4, -0.2) is 0 Å². The zero-order valence-corrected chi connectivity index (χ0v) is 27.4. The van der Waals surface area contributed by atoms with Gasteiger partial charge in [-0.2, -0.15) is 0 Å². The van der Waals surface area contributed by atoms with Crippen molar-refractivity contribution in [2.24, 2.45) is 0 Å². The molecule has 0 fully saturated rings. The van der Waals surface area contributed by atoms with Crippen LogP contribution >= 0.6 is 0 Å². The van der Waals surface area contributed by atoms with Crippen LogP contribution in [0, 0.1) is 0 Å². The first-order valence-electron chi connectivity index (χ1n) is 17.0. The minimum Gasteiger partial charge on any atom is -0.0905 e. The predicted molar refractivity (Wildman–Crippen MR) is 208 cm³/mol. The number of fused-ring (bicyclic) bond motifs is 2. The van der Waals surface area contributed by atoms with Gasteiger partial charge in [0, 0.05) is 0 Å². The van der Waals surface area contributed by atoms with Crippen LogP contribution in [0.4, 0.5) is 0 Å². The second kappa shape index (κ2) is 12.8. The van der Waals surface area contributed by atoms with Crippen molar-refractivity contribution in [3.05, 3.63) is 204 Å². The van der Waals surface area contributed by atoms with Crippen molar-refractivity contribution < 1.29 is 0 Å². The molecule has 0 atom stereocenters. The molecular weight excluding hydrogens is 577 g/mol. The van der Waals surface area contributed by atoms with Crippen molar-refractivity contribution in [2.75, 3.05) is 0 Å². The highest BCUT2D eigenvalue weighted by molar-refractivity contribution is 6.00. The smallest absolute Gasteiger partial charge is 0.00881 e. The predicted octanol–water partition coefficient (Wildman–Crippen LogP) is 13.3. The Balaban J connectivity index is 1.28. The lowest BCUT2D eigenvalue weighted by Crippen LogP contribution is -2.05. The maximum atomic E-state index is 4.79. The molecule has 0 amide bonds.